The van der Waals surface area contributed by atoms with Crippen molar-refractivity contribution in [2.24, 2.45) is 5.73 Å². The lowest BCUT2D eigenvalue weighted by molar-refractivity contribution is -0.113. The maximum Gasteiger partial charge on any atom is 0.157 e. The van der Waals surface area contributed by atoms with Gasteiger partial charge in [-0.15, -0.1) is 0 Å². The minimum absolute atomic E-state index is 0.0542. The van der Waals surface area contributed by atoms with E-state index in [9.17, 15) is 4.79 Å². The van der Waals surface area contributed by atoms with E-state index in [1.165, 1.54) is 0 Å². The van der Waals surface area contributed by atoms with Gasteiger partial charge in [0.05, 0.1) is 5.76 Å². The Kier molecular flexibility index (Phi) is 3.22. The molecule has 1 rings (SSSR count). The highest BCUT2D eigenvalue weighted by atomic mass is 16.5. The molecule has 0 atom stereocenters. The van der Waals surface area contributed by atoms with Crippen LogP contribution in [0.15, 0.2) is 23.1 Å². The molecular weight excluding hydrogens is 190 g/mol. The van der Waals surface area contributed by atoms with E-state index in [-0.39, 0.29) is 11.4 Å². The van der Waals surface area contributed by atoms with Crippen molar-refractivity contribution < 1.29 is 9.53 Å². The highest BCUT2D eigenvalue weighted by molar-refractivity contribution is 5.94. The van der Waals surface area contributed by atoms with Gasteiger partial charge in [-0.1, -0.05) is 0 Å². The number of ketones is 1. The number of carbonyl (C=O) groups excluding carboxylic acids is 1. The summed E-state index contributed by atoms with van der Waals surface area (Å²) in [5, 5.41) is 0. The number of hydrogen-bond donors (Lipinski definition) is 1. The number of ether oxygens (including phenoxy) is 1. The van der Waals surface area contributed by atoms with Gasteiger partial charge in [0.25, 0.3) is 0 Å². The third-order valence-electron chi connectivity index (χ3n) is 2.15. The average Bonchev–Trinajstić information content (AvgIpc) is 1.99. The molecule has 2 N–H and O–H groups in total. The number of Topliss-reactive ketones (excluding diaryl/α,β-unsaturated/α-hetero) is 1. The van der Waals surface area contributed by atoms with E-state index in [1.54, 1.807) is 13.0 Å². The summed E-state index contributed by atoms with van der Waals surface area (Å²) in [6.07, 6.45) is 3.21. The maximum atomic E-state index is 11.2. The van der Waals surface area contributed by atoms with Gasteiger partial charge in [-0.05, 0) is 40.2 Å². The molecule has 0 heterocycles. The number of carbonyl (C=O) groups is 1. The van der Waals surface area contributed by atoms with Crippen molar-refractivity contribution in [1.29, 1.82) is 0 Å². The summed E-state index contributed by atoms with van der Waals surface area (Å²) in [6.45, 7) is 7.53. The van der Waals surface area contributed by atoms with E-state index in [1.807, 2.05) is 20.8 Å². The quantitative estimate of drug-likeness (QED) is 0.759. The average molecular weight is 209 g/mol. The van der Waals surface area contributed by atoms with E-state index in [0.717, 1.165) is 17.8 Å². The molecule has 1 aliphatic carbocycles. The second-order valence-corrected chi connectivity index (χ2v) is 4.82. The first kappa shape index (κ1) is 11.8. The molecule has 0 bridgehead atoms. The Morgan fingerprint density at radius 3 is 2.40 bits per heavy atom. The fourth-order valence-electron chi connectivity index (χ4n) is 1.58. The summed E-state index contributed by atoms with van der Waals surface area (Å²) < 4.78 is 5.71. The first-order valence-corrected chi connectivity index (χ1v) is 5.19. The van der Waals surface area contributed by atoms with Crippen molar-refractivity contribution in [3.05, 3.63) is 23.1 Å². The molecule has 84 valence electrons. The minimum Gasteiger partial charge on any atom is -0.492 e. The fourth-order valence-corrected chi connectivity index (χ4v) is 1.58. The van der Waals surface area contributed by atoms with Gasteiger partial charge in [0, 0.05) is 17.7 Å². The molecule has 0 aromatic heterocycles. The van der Waals surface area contributed by atoms with Crippen LogP contribution in [0.25, 0.3) is 0 Å². The molecule has 3 nitrogen and oxygen atoms in total. The Morgan fingerprint density at radius 2 is 2.00 bits per heavy atom. The highest BCUT2D eigenvalue weighted by Gasteiger charge is 2.19. The van der Waals surface area contributed by atoms with Crippen molar-refractivity contribution in [1.82, 2.24) is 0 Å². The van der Waals surface area contributed by atoms with Crippen LogP contribution in [0.1, 0.15) is 40.5 Å². The molecule has 0 fully saturated rings. The van der Waals surface area contributed by atoms with Crippen LogP contribution in [0.4, 0.5) is 0 Å². The maximum absolute atomic E-state index is 11.2. The summed E-state index contributed by atoms with van der Waals surface area (Å²) in [6, 6.07) is 0. The Bertz CT molecular complexity index is 332. The van der Waals surface area contributed by atoms with Crippen molar-refractivity contribution in [2.75, 3.05) is 0 Å². The third-order valence-corrected chi connectivity index (χ3v) is 2.15. The molecule has 15 heavy (non-hydrogen) atoms. The Hall–Kier alpha value is -1.25. The smallest absolute Gasteiger partial charge is 0.157 e. The lowest BCUT2D eigenvalue weighted by Gasteiger charge is -2.26. The van der Waals surface area contributed by atoms with Gasteiger partial charge in [-0.25, -0.2) is 0 Å². The molecule has 0 aromatic rings. The van der Waals surface area contributed by atoms with Crippen LogP contribution in [0.2, 0.25) is 0 Å². The zero-order valence-corrected chi connectivity index (χ0v) is 9.89. The molecule has 0 spiro atoms. The van der Waals surface area contributed by atoms with Crippen LogP contribution < -0.4 is 5.73 Å². The van der Waals surface area contributed by atoms with Crippen LogP contribution in [0, 0.1) is 0 Å². The van der Waals surface area contributed by atoms with Gasteiger partial charge in [0.15, 0.2) is 5.78 Å². The van der Waals surface area contributed by atoms with Gasteiger partial charge in [-0.2, -0.15) is 0 Å². The SMILES string of the molecule is CC(=O)C1=C(N)C=C(OC(C)(C)C)CC1. The number of nitrogens with two attached hydrogens (primary N) is 1. The summed E-state index contributed by atoms with van der Waals surface area (Å²) in [7, 11) is 0. The number of allylic oxidation sites excluding steroid dienone is 3. The molecule has 3 heteroatoms. The summed E-state index contributed by atoms with van der Waals surface area (Å²) in [5.74, 6) is 0.920. The lowest BCUT2D eigenvalue weighted by atomic mass is 9.98. The molecule has 0 aliphatic heterocycles. The monoisotopic (exact) mass is 209 g/mol. The van der Waals surface area contributed by atoms with Crippen LogP contribution >= 0.6 is 0 Å². The minimum atomic E-state index is -0.208. The molecule has 0 unspecified atom stereocenters. The Labute approximate surface area is 91.0 Å². The molecule has 0 amide bonds. The third kappa shape index (κ3) is 3.42. The molecule has 0 saturated heterocycles. The second-order valence-electron chi connectivity index (χ2n) is 4.82. The van der Waals surface area contributed by atoms with E-state index >= 15 is 0 Å². The molecular formula is C12H19NO2. The summed E-state index contributed by atoms with van der Waals surface area (Å²) in [4.78, 5) is 11.2. The lowest BCUT2D eigenvalue weighted by Crippen LogP contribution is -2.21. The Balaban J connectivity index is 2.82. The molecule has 0 saturated carbocycles. The number of rotatable bonds is 2. The fraction of sp³-hybridized carbons (Fsp3) is 0.583. The number of hydrogen-bond acceptors (Lipinski definition) is 3. The second kappa shape index (κ2) is 4.09. The zero-order valence-electron chi connectivity index (χ0n) is 9.89. The first-order valence-electron chi connectivity index (χ1n) is 5.19. The summed E-state index contributed by atoms with van der Waals surface area (Å²) in [5.41, 5.74) is 6.85. The van der Waals surface area contributed by atoms with Gasteiger partial charge in [-0.3, -0.25) is 4.79 Å². The summed E-state index contributed by atoms with van der Waals surface area (Å²) >= 11 is 0. The van der Waals surface area contributed by atoms with Crippen LogP contribution in [0.5, 0.6) is 0 Å². The normalized spacial score (nSPS) is 17.5. The van der Waals surface area contributed by atoms with Crippen molar-refractivity contribution in [2.45, 2.75) is 46.1 Å². The largest absolute Gasteiger partial charge is 0.492 e. The standard InChI is InChI=1S/C12H19NO2/c1-8(14)10-6-5-9(7-11(10)13)15-12(2,3)4/h7H,5-6,13H2,1-4H3. The topological polar surface area (TPSA) is 52.3 Å². The molecule has 1 aliphatic rings. The van der Waals surface area contributed by atoms with Gasteiger partial charge in [0.2, 0.25) is 0 Å². The van der Waals surface area contributed by atoms with E-state index in [0.29, 0.717) is 12.1 Å². The predicted molar refractivity (Wildman–Crippen MR) is 60.0 cm³/mol. The van der Waals surface area contributed by atoms with E-state index in [4.69, 9.17) is 10.5 Å². The van der Waals surface area contributed by atoms with Crippen molar-refractivity contribution >= 4 is 5.78 Å². The van der Waals surface area contributed by atoms with Crippen LogP contribution in [-0.2, 0) is 9.53 Å². The van der Waals surface area contributed by atoms with E-state index in [2.05, 4.69) is 0 Å². The van der Waals surface area contributed by atoms with Crippen molar-refractivity contribution in [3.8, 4) is 0 Å². The zero-order chi connectivity index (χ0) is 11.6. The predicted octanol–water partition coefficient (Wildman–Crippen LogP) is 2.28. The van der Waals surface area contributed by atoms with Gasteiger partial charge in [0.1, 0.15) is 5.60 Å². The van der Waals surface area contributed by atoms with Gasteiger partial charge < -0.3 is 10.5 Å². The van der Waals surface area contributed by atoms with E-state index < -0.39 is 0 Å². The van der Waals surface area contributed by atoms with Crippen LogP contribution in [-0.4, -0.2) is 11.4 Å². The molecule has 0 aromatic carbocycles. The van der Waals surface area contributed by atoms with Crippen LogP contribution in [0.3, 0.4) is 0 Å². The van der Waals surface area contributed by atoms with Gasteiger partial charge >= 0.3 is 0 Å². The Morgan fingerprint density at radius 1 is 1.40 bits per heavy atom. The van der Waals surface area contributed by atoms with Crippen molar-refractivity contribution in [3.63, 3.8) is 0 Å². The molecule has 0 radical (unpaired) electrons. The first-order chi connectivity index (χ1) is 6.79. The highest BCUT2D eigenvalue weighted by Crippen LogP contribution is 2.26.